The number of benzene rings is 2. The second-order valence-electron chi connectivity index (χ2n) is 4.66. The Balaban J connectivity index is 1.68. The molecule has 1 heterocycles. The van der Waals surface area contributed by atoms with Crippen LogP contribution in [0.4, 0.5) is 5.13 Å². The molecular weight excluding hydrogens is 330 g/mol. The van der Waals surface area contributed by atoms with Crippen molar-refractivity contribution >= 4 is 34.3 Å². The highest BCUT2D eigenvalue weighted by molar-refractivity contribution is 7.14. The molecule has 0 atom stereocenters. The number of rotatable bonds is 5. The van der Waals surface area contributed by atoms with E-state index in [1.165, 1.54) is 11.3 Å². The zero-order valence-corrected chi connectivity index (χ0v) is 13.9. The van der Waals surface area contributed by atoms with Crippen LogP contribution in [0.1, 0.15) is 5.56 Å². The molecule has 0 aliphatic carbocycles. The minimum atomic E-state index is 0.663. The lowest BCUT2D eigenvalue weighted by atomic mass is 10.2. The maximum Gasteiger partial charge on any atom is 0.203 e. The maximum absolute atomic E-state index is 6.07. The van der Waals surface area contributed by atoms with E-state index in [0.717, 1.165) is 27.7 Å². The van der Waals surface area contributed by atoms with Crippen molar-refractivity contribution < 1.29 is 4.74 Å². The quantitative estimate of drug-likeness (QED) is 0.528. The third-order valence-electron chi connectivity index (χ3n) is 3.16. The lowest BCUT2D eigenvalue weighted by molar-refractivity contribution is 0.415. The molecule has 0 unspecified atom stereocenters. The number of hydrogen-bond acceptors (Lipinski definition) is 5. The van der Waals surface area contributed by atoms with Gasteiger partial charge in [-0.1, -0.05) is 29.8 Å². The molecule has 1 aromatic heterocycles. The normalized spacial score (nSPS) is 10.9. The van der Waals surface area contributed by atoms with Crippen LogP contribution in [0.2, 0.25) is 5.02 Å². The summed E-state index contributed by atoms with van der Waals surface area (Å²) in [4.78, 5) is 4.51. The molecule has 0 bridgehead atoms. The number of anilines is 1. The highest BCUT2D eigenvalue weighted by Crippen LogP contribution is 2.26. The number of halogens is 1. The van der Waals surface area contributed by atoms with Crippen molar-refractivity contribution in [2.24, 2.45) is 5.10 Å². The van der Waals surface area contributed by atoms with E-state index in [2.05, 4.69) is 15.5 Å². The SMILES string of the molecule is COc1ccc(-c2csc(N/N=C/c3ccccc3Cl)n2)cc1. The first-order valence-electron chi connectivity index (χ1n) is 6.90. The number of nitrogens with one attached hydrogen (secondary N) is 1. The van der Waals surface area contributed by atoms with E-state index in [4.69, 9.17) is 16.3 Å². The average Bonchev–Trinajstić information content (AvgIpc) is 3.06. The van der Waals surface area contributed by atoms with Crippen LogP contribution in [0, 0.1) is 0 Å². The Bertz CT molecular complexity index is 815. The van der Waals surface area contributed by atoms with Gasteiger partial charge in [0, 0.05) is 21.5 Å². The Morgan fingerprint density at radius 1 is 1.17 bits per heavy atom. The first kappa shape index (κ1) is 15.5. The van der Waals surface area contributed by atoms with Gasteiger partial charge in [-0.2, -0.15) is 5.10 Å². The molecule has 0 saturated heterocycles. The number of thiazole rings is 1. The highest BCUT2D eigenvalue weighted by atomic mass is 35.5. The van der Waals surface area contributed by atoms with E-state index < -0.39 is 0 Å². The number of nitrogens with zero attached hydrogens (tertiary/aromatic N) is 2. The molecular formula is C17H14ClN3OS. The van der Waals surface area contributed by atoms with Crippen molar-refractivity contribution in [2.45, 2.75) is 0 Å². The van der Waals surface area contributed by atoms with Gasteiger partial charge in [-0.15, -0.1) is 11.3 Å². The summed E-state index contributed by atoms with van der Waals surface area (Å²) in [6.07, 6.45) is 1.68. The first-order valence-corrected chi connectivity index (χ1v) is 8.15. The maximum atomic E-state index is 6.07. The van der Waals surface area contributed by atoms with Crippen LogP contribution in [-0.2, 0) is 0 Å². The van der Waals surface area contributed by atoms with E-state index in [1.54, 1.807) is 13.3 Å². The minimum absolute atomic E-state index is 0.663. The van der Waals surface area contributed by atoms with Gasteiger partial charge in [0.25, 0.3) is 0 Å². The highest BCUT2D eigenvalue weighted by Gasteiger charge is 2.04. The third kappa shape index (κ3) is 3.88. The molecule has 0 radical (unpaired) electrons. The monoisotopic (exact) mass is 343 g/mol. The smallest absolute Gasteiger partial charge is 0.203 e. The number of methoxy groups -OCH3 is 1. The molecule has 4 nitrogen and oxygen atoms in total. The van der Waals surface area contributed by atoms with Gasteiger partial charge in [0.15, 0.2) is 0 Å². The van der Waals surface area contributed by atoms with Crippen molar-refractivity contribution in [1.29, 1.82) is 0 Å². The van der Waals surface area contributed by atoms with Gasteiger partial charge in [-0.05, 0) is 30.3 Å². The van der Waals surface area contributed by atoms with Gasteiger partial charge >= 0.3 is 0 Å². The molecule has 0 fully saturated rings. The van der Waals surface area contributed by atoms with Crippen molar-refractivity contribution in [3.05, 3.63) is 64.5 Å². The van der Waals surface area contributed by atoms with Crippen molar-refractivity contribution in [3.8, 4) is 17.0 Å². The molecule has 6 heteroatoms. The molecule has 0 saturated carbocycles. The fourth-order valence-corrected chi connectivity index (χ4v) is 2.81. The van der Waals surface area contributed by atoms with Crippen LogP contribution >= 0.6 is 22.9 Å². The first-order chi connectivity index (χ1) is 11.3. The molecule has 1 N–H and O–H groups in total. The summed E-state index contributed by atoms with van der Waals surface area (Å²) < 4.78 is 5.15. The van der Waals surface area contributed by atoms with E-state index >= 15 is 0 Å². The molecule has 0 spiro atoms. The van der Waals surface area contributed by atoms with Gasteiger partial charge in [0.05, 0.1) is 19.0 Å². The molecule has 0 aliphatic rings. The molecule has 0 amide bonds. The van der Waals surface area contributed by atoms with Crippen LogP contribution in [0.25, 0.3) is 11.3 Å². The largest absolute Gasteiger partial charge is 0.497 e. The summed E-state index contributed by atoms with van der Waals surface area (Å²) in [5, 5.41) is 7.54. The zero-order valence-electron chi connectivity index (χ0n) is 12.4. The summed E-state index contributed by atoms with van der Waals surface area (Å²) in [6.45, 7) is 0. The molecule has 2 aromatic carbocycles. The molecule has 0 aliphatic heterocycles. The molecule has 23 heavy (non-hydrogen) atoms. The van der Waals surface area contributed by atoms with Gasteiger partial charge in [-0.25, -0.2) is 4.98 Å². The third-order valence-corrected chi connectivity index (χ3v) is 4.25. The van der Waals surface area contributed by atoms with Crippen LogP contribution in [-0.4, -0.2) is 18.3 Å². The Morgan fingerprint density at radius 2 is 1.96 bits per heavy atom. The number of hydrazone groups is 1. The summed E-state index contributed by atoms with van der Waals surface area (Å²) in [5.74, 6) is 0.826. The molecule has 3 aromatic rings. The van der Waals surface area contributed by atoms with Crippen LogP contribution in [0.3, 0.4) is 0 Å². The van der Waals surface area contributed by atoms with Gasteiger partial charge in [-0.3, -0.25) is 5.43 Å². The Kier molecular flexibility index (Phi) is 4.90. The predicted octanol–water partition coefficient (Wildman–Crippen LogP) is 4.92. The Morgan fingerprint density at radius 3 is 2.70 bits per heavy atom. The minimum Gasteiger partial charge on any atom is -0.497 e. The topological polar surface area (TPSA) is 46.5 Å². The summed E-state index contributed by atoms with van der Waals surface area (Å²) in [6, 6.07) is 15.3. The zero-order chi connectivity index (χ0) is 16.1. The Labute approximate surface area is 143 Å². The molecule has 3 rings (SSSR count). The van der Waals surface area contributed by atoms with Crippen molar-refractivity contribution in [3.63, 3.8) is 0 Å². The lowest BCUT2D eigenvalue weighted by Crippen LogP contribution is -1.90. The van der Waals surface area contributed by atoms with E-state index in [1.807, 2.05) is 53.9 Å². The second kappa shape index (κ2) is 7.26. The van der Waals surface area contributed by atoms with E-state index in [9.17, 15) is 0 Å². The van der Waals surface area contributed by atoms with E-state index in [-0.39, 0.29) is 0 Å². The summed E-state index contributed by atoms with van der Waals surface area (Å²) in [7, 11) is 1.65. The van der Waals surface area contributed by atoms with E-state index in [0.29, 0.717) is 5.02 Å². The predicted molar refractivity (Wildman–Crippen MR) is 96.8 cm³/mol. The number of ether oxygens (including phenoxy) is 1. The van der Waals surface area contributed by atoms with Gasteiger partial charge < -0.3 is 4.74 Å². The van der Waals surface area contributed by atoms with Gasteiger partial charge in [0.1, 0.15) is 5.75 Å². The summed E-state index contributed by atoms with van der Waals surface area (Å²) in [5.41, 5.74) is 5.71. The number of aromatic nitrogens is 1. The second-order valence-corrected chi connectivity index (χ2v) is 5.92. The average molecular weight is 344 g/mol. The van der Waals surface area contributed by atoms with Crippen LogP contribution < -0.4 is 10.2 Å². The van der Waals surface area contributed by atoms with Crippen molar-refractivity contribution in [2.75, 3.05) is 12.5 Å². The fraction of sp³-hybridized carbons (Fsp3) is 0.0588. The standard InChI is InChI=1S/C17H14ClN3OS/c1-22-14-8-6-12(7-9-14)16-11-23-17(20-16)21-19-10-13-4-2-3-5-15(13)18/h2-11H,1H3,(H,20,21)/b19-10+. The van der Waals surface area contributed by atoms with Gasteiger partial charge in [0.2, 0.25) is 5.13 Å². The Hall–Kier alpha value is -2.37. The van der Waals surface area contributed by atoms with Crippen LogP contribution in [0.5, 0.6) is 5.75 Å². The molecule has 116 valence electrons. The van der Waals surface area contributed by atoms with Crippen LogP contribution in [0.15, 0.2) is 59.0 Å². The lowest BCUT2D eigenvalue weighted by Gasteiger charge is -2.00. The van der Waals surface area contributed by atoms with Crippen molar-refractivity contribution in [1.82, 2.24) is 4.98 Å². The fourth-order valence-electron chi connectivity index (χ4n) is 1.96. The number of hydrogen-bond donors (Lipinski definition) is 1. The summed E-state index contributed by atoms with van der Waals surface area (Å²) >= 11 is 7.57.